The highest BCUT2D eigenvalue weighted by Gasteiger charge is 2.20. The number of aromatic nitrogens is 1. The van der Waals surface area contributed by atoms with E-state index in [0.29, 0.717) is 18.7 Å². The number of aromatic carboxylic acids is 1. The average molecular weight is 511 g/mol. The maximum absolute atomic E-state index is 14.4. The number of hydrogen-bond donors (Lipinski definition) is 2. The zero-order valence-electron chi connectivity index (χ0n) is 20.6. The summed E-state index contributed by atoms with van der Waals surface area (Å²) in [5, 5.41) is 9.15. The predicted octanol–water partition coefficient (Wildman–Crippen LogP) is 7.16. The molecule has 0 bridgehead atoms. The fraction of sp³-hybridized carbons (Fsp3) is 0.448. The molecule has 1 fully saturated rings. The van der Waals surface area contributed by atoms with Gasteiger partial charge in [0, 0.05) is 6.20 Å². The number of thiazole rings is 1. The normalized spacial score (nSPS) is 15.2. The topological polar surface area (TPSA) is 85.4 Å². The van der Waals surface area contributed by atoms with Gasteiger partial charge in [-0.05, 0) is 72.5 Å². The number of halogens is 1. The number of benzene rings is 2. The van der Waals surface area contributed by atoms with Gasteiger partial charge in [0.15, 0.2) is 0 Å². The molecule has 1 unspecified atom stereocenters. The molecule has 1 aliphatic carbocycles. The number of carboxylic acid groups (broad SMARTS) is 1. The summed E-state index contributed by atoms with van der Waals surface area (Å²) < 4.78 is 20.8. The molecule has 0 amide bonds. The summed E-state index contributed by atoms with van der Waals surface area (Å²) in [6.45, 7) is 1.04. The van der Waals surface area contributed by atoms with Crippen LogP contribution in [-0.2, 0) is 17.8 Å². The molecule has 36 heavy (non-hydrogen) atoms. The molecule has 4 rings (SSSR count). The Morgan fingerprint density at radius 1 is 1.19 bits per heavy atom. The maximum Gasteiger partial charge on any atom is 0.338 e. The Morgan fingerprint density at radius 3 is 2.72 bits per heavy atom. The minimum Gasteiger partial charge on any atom is -0.478 e. The van der Waals surface area contributed by atoms with Crippen molar-refractivity contribution < 1.29 is 19.0 Å². The van der Waals surface area contributed by atoms with Crippen molar-refractivity contribution in [1.82, 2.24) is 4.98 Å². The van der Waals surface area contributed by atoms with Crippen LogP contribution in [0.25, 0.3) is 11.1 Å². The number of nitrogens with zero attached hydrogens (tertiary/aromatic N) is 1. The predicted molar refractivity (Wildman–Crippen MR) is 142 cm³/mol. The van der Waals surface area contributed by atoms with Crippen LogP contribution in [0.3, 0.4) is 0 Å². The minimum absolute atomic E-state index is 0.0317. The SMILES string of the molecule is NCCCc1cc(COC(CCC2CCCCC2)c2cncs2)ccc1-c1ccc(C(=O)O)c(F)c1. The Kier molecular flexibility index (Phi) is 9.61. The molecule has 5 nitrogen and oxygen atoms in total. The largest absolute Gasteiger partial charge is 0.478 e. The molecule has 2 aromatic carbocycles. The third-order valence-corrected chi connectivity index (χ3v) is 7.98. The van der Waals surface area contributed by atoms with Crippen LogP contribution >= 0.6 is 11.3 Å². The second-order valence-corrected chi connectivity index (χ2v) is 10.6. The number of hydrogen-bond acceptors (Lipinski definition) is 5. The summed E-state index contributed by atoms with van der Waals surface area (Å²) in [5.74, 6) is -1.20. The second kappa shape index (κ2) is 13.1. The fourth-order valence-electron chi connectivity index (χ4n) is 5.13. The van der Waals surface area contributed by atoms with E-state index in [2.05, 4.69) is 11.1 Å². The van der Waals surface area contributed by atoms with Crippen LogP contribution in [0.5, 0.6) is 0 Å². The van der Waals surface area contributed by atoms with Crippen molar-refractivity contribution >= 4 is 17.3 Å². The van der Waals surface area contributed by atoms with E-state index in [0.717, 1.165) is 41.9 Å². The smallest absolute Gasteiger partial charge is 0.338 e. The molecule has 192 valence electrons. The van der Waals surface area contributed by atoms with Gasteiger partial charge in [-0.1, -0.05) is 56.4 Å². The first-order chi connectivity index (χ1) is 17.5. The number of carbonyl (C=O) groups is 1. The van der Waals surface area contributed by atoms with E-state index in [-0.39, 0.29) is 11.7 Å². The first-order valence-corrected chi connectivity index (χ1v) is 13.8. The zero-order valence-corrected chi connectivity index (χ0v) is 21.4. The lowest BCUT2D eigenvalue weighted by Crippen LogP contribution is -2.10. The number of aryl methyl sites for hydroxylation is 1. The van der Waals surface area contributed by atoms with Gasteiger partial charge < -0.3 is 15.6 Å². The Labute approximate surface area is 216 Å². The number of nitrogens with two attached hydrogens (primary N) is 1. The molecule has 0 spiro atoms. The Morgan fingerprint density at radius 2 is 2.03 bits per heavy atom. The Balaban J connectivity index is 1.49. The van der Waals surface area contributed by atoms with E-state index < -0.39 is 11.8 Å². The molecule has 1 aromatic heterocycles. The third kappa shape index (κ3) is 6.99. The average Bonchev–Trinajstić information content (AvgIpc) is 3.43. The number of carboxylic acids is 1. The minimum atomic E-state index is -1.27. The second-order valence-electron chi connectivity index (χ2n) is 9.67. The van der Waals surface area contributed by atoms with Gasteiger partial charge >= 0.3 is 5.97 Å². The van der Waals surface area contributed by atoms with Crippen molar-refractivity contribution in [3.8, 4) is 11.1 Å². The van der Waals surface area contributed by atoms with Crippen molar-refractivity contribution in [2.24, 2.45) is 11.7 Å². The lowest BCUT2D eigenvalue weighted by atomic mass is 9.85. The summed E-state index contributed by atoms with van der Waals surface area (Å²) in [6.07, 6.45) is 12.4. The van der Waals surface area contributed by atoms with E-state index in [1.165, 1.54) is 55.5 Å². The highest BCUT2D eigenvalue weighted by molar-refractivity contribution is 7.09. The summed E-state index contributed by atoms with van der Waals surface area (Å²) in [4.78, 5) is 16.6. The fourth-order valence-corrected chi connectivity index (χ4v) is 5.83. The molecule has 3 N–H and O–H groups in total. The van der Waals surface area contributed by atoms with Gasteiger partial charge in [0.2, 0.25) is 0 Å². The molecular weight excluding hydrogens is 475 g/mol. The van der Waals surface area contributed by atoms with Crippen LogP contribution in [0.1, 0.15) is 83.8 Å². The van der Waals surface area contributed by atoms with Crippen LogP contribution in [0, 0.1) is 11.7 Å². The van der Waals surface area contributed by atoms with E-state index in [1.807, 2.05) is 23.8 Å². The molecule has 1 saturated carbocycles. The monoisotopic (exact) mass is 510 g/mol. The molecule has 0 saturated heterocycles. The van der Waals surface area contributed by atoms with E-state index in [1.54, 1.807) is 17.4 Å². The van der Waals surface area contributed by atoms with Crippen molar-refractivity contribution in [2.45, 2.75) is 70.5 Å². The number of ether oxygens (including phenoxy) is 1. The molecule has 0 aliphatic heterocycles. The van der Waals surface area contributed by atoms with Gasteiger partial charge in [0.25, 0.3) is 0 Å². The first kappa shape index (κ1) is 26.5. The zero-order chi connectivity index (χ0) is 25.3. The highest BCUT2D eigenvalue weighted by atomic mass is 32.1. The van der Waals surface area contributed by atoms with Crippen molar-refractivity contribution in [3.05, 3.63) is 75.5 Å². The van der Waals surface area contributed by atoms with Crippen LogP contribution < -0.4 is 5.73 Å². The van der Waals surface area contributed by atoms with Gasteiger partial charge in [-0.25, -0.2) is 9.18 Å². The third-order valence-electron chi connectivity index (χ3n) is 7.11. The summed E-state index contributed by atoms with van der Waals surface area (Å²) >= 11 is 1.64. The maximum atomic E-state index is 14.4. The van der Waals surface area contributed by atoms with Gasteiger partial charge in [-0.15, -0.1) is 11.3 Å². The van der Waals surface area contributed by atoms with E-state index in [9.17, 15) is 9.18 Å². The first-order valence-electron chi connectivity index (χ1n) is 12.9. The molecule has 3 aromatic rings. The van der Waals surface area contributed by atoms with Crippen LogP contribution in [0.2, 0.25) is 0 Å². The summed E-state index contributed by atoms with van der Waals surface area (Å²) in [5.41, 5.74) is 11.0. The van der Waals surface area contributed by atoms with Crippen LogP contribution in [-0.4, -0.2) is 22.6 Å². The summed E-state index contributed by atoms with van der Waals surface area (Å²) in [7, 11) is 0. The molecule has 1 aliphatic rings. The van der Waals surface area contributed by atoms with Crippen molar-refractivity contribution in [1.29, 1.82) is 0 Å². The standard InChI is InChI=1S/C29H35FN2O3S/c30-26-16-23(10-12-25(26)29(33)34)24-11-8-21(15-22(24)7-4-14-31)18-35-27(28-17-32-19-36-28)13-9-20-5-2-1-3-6-20/h8,10-12,15-17,19-20,27H,1-7,9,13-14,18,31H2,(H,33,34). The highest BCUT2D eigenvalue weighted by Crippen LogP contribution is 2.34. The molecule has 0 radical (unpaired) electrons. The lowest BCUT2D eigenvalue weighted by Gasteiger charge is -2.24. The Hall–Kier alpha value is -2.61. The molecule has 1 heterocycles. The quantitative estimate of drug-likeness (QED) is 0.270. The van der Waals surface area contributed by atoms with Crippen LogP contribution in [0.15, 0.2) is 48.1 Å². The Bertz CT molecular complexity index is 1130. The van der Waals surface area contributed by atoms with Gasteiger partial charge in [-0.3, -0.25) is 4.98 Å². The van der Waals surface area contributed by atoms with Gasteiger partial charge in [0.1, 0.15) is 5.82 Å². The van der Waals surface area contributed by atoms with Crippen molar-refractivity contribution in [3.63, 3.8) is 0 Å². The van der Waals surface area contributed by atoms with Gasteiger partial charge in [0.05, 0.1) is 28.7 Å². The molecule has 1 atom stereocenters. The van der Waals surface area contributed by atoms with E-state index in [4.69, 9.17) is 15.6 Å². The van der Waals surface area contributed by atoms with E-state index >= 15 is 0 Å². The molecule has 7 heteroatoms. The van der Waals surface area contributed by atoms with Gasteiger partial charge in [-0.2, -0.15) is 0 Å². The molecular formula is C29H35FN2O3S. The van der Waals surface area contributed by atoms with Crippen LogP contribution in [0.4, 0.5) is 4.39 Å². The van der Waals surface area contributed by atoms with Crippen molar-refractivity contribution in [2.75, 3.05) is 6.54 Å². The summed E-state index contributed by atoms with van der Waals surface area (Å²) in [6, 6.07) is 10.4. The lowest BCUT2D eigenvalue weighted by molar-refractivity contribution is 0.0306. The number of rotatable bonds is 12.